The molecular weight excluding hydrogens is 498 g/mol. The van der Waals surface area contributed by atoms with Gasteiger partial charge in [0.1, 0.15) is 18.4 Å². The van der Waals surface area contributed by atoms with E-state index in [0.717, 1.165) is 16.9 Å². The maximum atomic E-state index is 13.3. The van der Waals surface area contributed by atoms with E-state index >= 15 is 0 Å². The molecule has 4 aromatic rings. The van der Waals surface area contributed by atoms with Gasteiger partial charge in [0, 0.05) is 12.1 Å². The molecule has 39 heavy (non-hydrogen) atoms. The fourth-order valence-electron chi connectivity index (χ4n) is 5.86. The highest BCUT2D eigenvalue weighted by atomic mass is 28.4. The van der Waals surface area contributed by atoms with Crippen molar-refractivity contribution in [2.75, 3.05) is 6.54 Å². The van der Waals surface area contributed by atoms with Crippen molar-refractivity contribution in [3.63, 3.8) is 0 Å². The van der Waals surface area contributed by atoms with Crippen LogP contribution in [0.5, 0.6) is 5.75 Å². The molecule has 1 aliphatic rings. The predicted molar refractivity (Wildman–Crippen MR) is 159 cm³/mol. The zero-order chi connectivity index (χ0) is 27.3. The lowest BCUT2D eigenvalue weighted by molar-refractivity contribution is -0.147. The minimum absolute atomic E-state index is 0.0861. The van der Waals surface area contributed by atoms with Gasteiger partial charge in [0.15, 0.2) is 0 Å². The predicted octanol–water partition coefficient (Wildman–Crippen LogP) is 6.96. The fraction of sp³-hybridized carbons (Fsp3) is 0.265. The minimum atomic E-state index is -1.91. The number of nitrogens with one attached hydrogen (secondary N) is 1. The van der Waals surface area contributed by atoms with E-state index in [0.29, 0.717) is 13.0 Å². The number of ether oxygens (including phenoxy) is 1. The summed E-state index contributed by atoms with van der Waals surface area (Å²) in [5.41, 5.74) is 3.97. The third kappa shape index (κ3) is 5.85. The van der Waals surface area contributed by atoms with Crippen LogP contribution in [0.1, 0.15) is 28.7 Å². The number of carbonyl (C=O) groups is 1. The Hall–Kier alpha value is -3.67. The molecule has 1 fully saturated rings. The van der Waals surface area contributed by atoms with Crippen molar-refractivity contribution in [3.8, 4) is 5.75 Å². The summed E-state index contributed by atoms with van der Waals surface area (Å²) in [5.74, 6) is 0.797. The van der Waals surface area contributed by atoms with Crippen LogP contribution in [-0.2, 0) is 21.6 Å². The van der Waals surface area contributed by atoms with Crippen molar-refractivity contribution in [1.82, 2.24) is 5.32 Å². The maximum Gasteiger partial charge on any atom is 0.323 e. The quantitative estimate of drug-likeness (QED) is 0.143. The van der Waals surface area contributed by atoms with Gasteiger partial charge in [-0.2, -0.15) is 0 Å². The molecule has 1 N–H and O–H groups in total. The van der Waals surface area contributed by atoms with Crippen molar-refractivity contribution in [3.05, 3.63) is 138 Å². The fourth-order valence-corrected chi connectivity index (χ4v) is 6.69. The van der Waals surface area contributed by atoms with Gasteiger partial charge in [-0.3, -0.25) is 4.79 Å². The van der Waals surface area contributed by atoms with Crippen molar-refractivity contribution in [2.45, 2.75) is 44.1 Å². The molecule has 0 saturated carbocycles. The van der Waals surface area contributed by atoms with Crippen LogP contribution in [0, 0.1) is 5.92 Å². The van der Waals surface area contributed by atoms with E-state index in [-0.39, 0.29) is 24.5 Å². The third-order valence-electron chi connectivity index (χ3n) is 7.44. The van der Waals surface area contributed by atoms with Gasteiger partial charge in [0.25, 0.3) is 0 Å². The summed E-state index contributed by atoms with van der Waals surface area (Å²) in [4.78, 5) is 13.3. The van der Waals surface area contributed by atoms with E-state index in [4.69, 9.17) is 9.16 Å². The highest BCUT2D eigenvalue weighted by Gasteiger charge is 2.49. The van der Waals surface area contributed by atoms with Crippen LogP contribution in [0.15, 0.2) is 115 Å². The second-order valence-corrected chi connectivity index (χ2v) is 15.7. The monoisotopic (exact) mass is 535 g/mol. The maximum absolute atomic E-state index is 13.3. The van der Waals surface area contributed by atoms with Gasteiger partial charge in [0.05, 0.1) is 5.41 Å². The average Bonchev–Trinajstić information content (AvgIpc) is 3.45. The third-order valence-corrected chi connectivity index (χ3v) is 8.27. The van der Waals surface area contributed by atoms with Crippen LogP contribution in [0.2, 0.25) is 19.6 Å². The average molecular weight is 536 g/mol. The highest BCUT2D eigenvalue weighted by molar-refractivity contribution is 6.70. The molecule has 200 valence electrons. The summed E-state index contributed by atoms with van der Waals surface area (Å²) in [6.07, 6.45) is 0.651. The van der Waals surface area contributed by atoms with Crippen LogP contribution in [-0.4, -0.2) is 26.9 Å². The first kappa shape index (κ1) is 26.9. The molecule has 0 aliphatic carbocycles. The second kappa shape index (κ2) is 11.6. The molecule has 0 amide bonds. The second-order valence-electron chi connectivity index (χ2n) is 11.2. The van der Waals surface area contributed by atoms with Crippen molar-refractivity contribution in [2.24, 2.45) is 5.92 Å². The summed E-state index contributed by atoms with van der Waals surface area (Å²) >= 11 is 0. The Labute approximate surface area is 233 Å². The van der Waals surface area contributed by atoms with E-state index < -0.39 is 13.7 Å². The topological polar surface area (TPSA) is 47.6 Å². The van der Waals surface area contributed by atoms with Crippen molar-refractivity contribution >= 4 is 14.3 Å². The van der Waals surface area contributed by atoms with E-state index in [1.807, 2.05) is 30.3 Å². The summed E-state index contributed by atoms with van der Waals surface area (Å²) in [6, 6.07) is 39.3. The van der Waals surface area contributed by atoms with Gasteiger partial charge in [-0.1, -0.05) is 109 Å². The van der Waals surface area contributed by atoms with E-state index in [1.165, 1.54) is 11.1 Å². The smallest absolute Gasteiger partial charge is 0.323 e. The molecule has 0 spiro atoms. The van der Waals surface area contributed by atoms with Gasteiger partial charge >= 0.3 is 5.97 Å². The minimum Gasteiger partial charge on any atom is -0.544 e. The molecule has 1 heterocycles. The van der Waals surface area contributed by atoms with Crippen LogP contribution in [0.4, 0.5) is 0 Å². The zero-order valence-electron chi connectivity index (χ0n) is 23.0. The number of carbonyl (C=O) groups excluding carboxylic acids is 1. The van der Waals surface area contributed by atoms with E-state index in [1.54, 1.807) is 0 Å². The number of hydrogen-bond acceptors (Lipinski definition) is 4. The Morgan fingerprint density at radius 1 is 0.795 bits per heavy atom. The van der Waals surface area contributed by atoms with E-state index in [9.17, 15) is 4.79 Å². The molecule has 2 atom stereocenters. The SMILES string of the molecule is C[Si](C)(C)Oc1ccccc1C(c1ccccc1)(c1ccccc1)[C@@H]1CN[C@H](C(=O)OCc2ccccc2)C1. The Kier molecular flexibility index (Phi) is 8.01. The van der Waals surface area contributed by atoms with Gasteiger partial charge in [-0.05, 0) is 54.7 Å². The Morgan fingerprint density at radius 2 is 1.33 bits per heavy atom. The zero-order valence-corrected chi connectivity index (χ0v) is 24.0. The lowest BCUT2D eigenvalue weighted by Crippen LogP contribution is -2.40. The molecule has 4 aromatic carbocycles. The molecule has 1 saturated heterocycles. The van der Waals surface area contributed by atoms with Gasteiger partial charge in [-0.25, -0.2) is 0 Å². The lowest BCUT2D eigenvalue weighted by atomic mass is 9.61. The molecule has 0 radical (unpaired) electrons. The normalized spacial score (nSPS) is 17.5. The lowest BCUT2D eigenvalue weighted by Gasteiger charge is -2.42. The number of para-hydroxylation sites is 1. The highest BCUT2D eigenvalue weighted by Crippen LogP contribution is 2.51. The number of rotatable bonds is 9. The molecule has 0 bridgehead atoms. The van der Waals surface area contributed by atoms with Gasteiger partial charge < -0.3 is 14.5 Å². The van der Waals surface area contributed by atoms with Crippen molar-refractivity contribution in [1.29, 1.82) is 0 Å². The summed E-state index contributed by atoms with van der Waals surface area (Å²) in [5, 5.41) is 3.52. The first-order valence-corrected chi connectivity index (χ1v) is 17.1. The number of esters is 1. The molecule has 0 unspecified atom stereocenters. The molecule has 5 rings (SSSR count). The summed E-state index contributed by atoms with van der Waals surface area (Å²) in [6.45, 7) is 7.60. The van der Waals surface area contributed by atoms with Crippen LogP contribution in [0.3, 0.4) is 0 Å². The first-order chi connectivity index (χ1) is 18.9. The van der Waals surface area contributed by atoms with Gasteiger partial charge in [0.2, 0.25) is 8.32 Å². The summed E-state index contributed by atoms with van der Waals surface area (Å²) in [7, 11) is -1.91. The Balaban J connectivity index is 1.58. The van der Waals surface area contributed by atoms with Crippen molar-refractivity contribution < 1.29 is 14.0 Å². The van der Waals surface area contributed by atoms with Crippen LogP contribution >= 0.6 is 0 Å². The standard InChI is InChI=1S/C34H37NO3Si/c1-39(2,3)38-32-22-14-13-21-30(32)34(27-17-9-5-10-18-27,28-19-11-6-12-20-28)29-23-31(35-24-29)33(36)37-25-26-15-7-4-8-16-26/h4-22,29,31,35H,23-25H2,1-3H3/t29-,31-/m0/s1. The molecule has 5 heteroatoms. The van der Waals surface area contributed by atoms with E-state index in [2.05, 4.69) is 110 Å². The first-order valence-electron chi connectivity index (χ1n) is 13.7. The number of hydrogen-bond donors (Lipinski definition) is 1. The van der Waals surface area contributed by atoms with Crippen LogP contribution < -0.4 is 9.74 Å². The molecule has 1 aliphatic heterocycles. The molecular formula is C34H37NO3Si. The Bertz CT molecular complexity index is 1330. The molecule has 0 aromatic heterocycles. The van der Waals surface area contributed by atoms with Gasteiger partial charge in [-0.15, -0.1) is 0 Å². The molecule has 4 nitrogen and oxygen atoms in total. The van der Waals surface area contributed by atoms with Crippen LogP contribution in [0.25, 0.3) is 0 Å². The Morgan fingerprint density at radius 3 is 1.92 bits per heavy atom. The largest absolute Gasteiger partial charge is 0.544 e. The number of benzene rings is 4. The summed E-state index contributed by atoms with van der Waals surface area (Å²) < 4.78 is 12.5.